The molecule has 0 fully saturated rings. The lowest BCUT2D eigenvalue weighted by molar-refractivity contribution is 0.373. The Hall–Kier alpha value is -1.46. The Labute approximate surface area is 137 Å². The predicted molar refractivity (Wildman–Crippen MR) is 92.0 cm³/mol. The maximum Gasteiger partial charge on any atom is 0.166 e. The van der Waals surface area contributed by atoms with Gasteiger partial charge in [-0.1, -0.05) is 22.0 Å². The number of phenols is 1. The zero-order valence-corrected chi connectivity index (χ0v) is 14.0. The van der Waals surface area contributed by atoms with Gasteiger partial charge >= 0.3 is 0 Å². The van der Waals surface area contributed by atoms with Crippen molar-refractivity contribution in [3.8, 4) is 11.5 Å². The van der Waals surface area contributed by atoms with E-state index in [0.29, 0.717) is 17.9 Å². The Morgan fingerprint density at radius 1 is 1.24 bits per heavy atom. The number of hydrogen-bond donors (Lipinski definition) is 1. The van der Waals surface area contributed by atoms with Crippen molar-refractivity contribution in [3.05, 3.63) is 52.5 Å². The van der Waals surface area contributed by atoms with E-state index in [4.69, 9.17) is 4.74 Å². The Morgan fingerprint density at radius 3 is 2.71 bits per heavy atom. The number of nitrogens with zero attached hydrogens (tertiary/aromatic N) is 1. The van der Waals surface area contributed by atoms with Crippen LogP contribution in [0.3, 0.4) is 0 Å². The zero-order chi connectivity index (χ0) is 15.1. The zero-order valence-electron chi connectivity index (χ0n) is 11.6. The number of benzene rings is 2. The maximum absolute atomic E-state index is 9.92. The number of hydrogen-bond acceptors (Lipinski definition) is 4. The van der Waals surface area contributed by atoms with Crippen LogP contribution >= 0.6 is 27.7 Å². The van der Waals surface area contributed by atoms with E-state index in [0.717, 1.165) is 10.2 Å². The molecule has 0 radical (unpaired) electrons. The SMILES string of the molecule is COc1cccc(C=NCCSc2ccc(Br)cc2)c1O. The highest BCUT2D eigenvalue weighted by Gasteiger charge is 2.04. The molecule has 0 aromatic heterocycles. The quantitative estimate of drug-likeness (QED) is 0.469. The van der Waals surface area contributed by atoms with Gasteiger partial charge in [-0.15, -0.1) is 11.8 Å². The molecular formula is C16H16BrNO2S. The standard InChI is InChI=1S/C16H16BrNO2S/c1-20-15-4-2-3-12(16(15)19)11-18-9-10-21-14-7-5-13(17)6-8-14/h2-8,11,19H,9-10H2,1H3. The second kappa shape index (κ2) is 8.10. The molecule has 2 rings (SSSR count). The van der Waals surface area contributed by atoms with Crippen LogP contribution in [0.15, 0.2) is 56.8 Å². The number of ether oxygens (including phenoxy) is 1. The first-order chi connectivity index (χ1) is 10.2. The third kappa shape index (κ3) is 4.79. The molecule has 0 aliphatic rings. The van der Waals surface area contributed by atoms with Crippen LogP contribution in [0.2, 0.25) is 0 Å². The number of aliphatic imine (C=N–C) groups is 1. The Bertz CT molecular complexity index is 614. The molecule has 2 aromatic carbocycles. The van der Waals surface area contributed by atoms with Gasteiger partial charge in [-0.2, -0.15) is 0 Å². The summed E-state index contributed by atoms with van der Waals surface area (Å²) in [5, 5.41) is 9.92. The molecule has 0 heterocycles. The summed E-state index contributed by atoms with van der Waals surface area (Å²) in [6.07, 6.45) is 1.68. The van der Waals surface area contributed by atoms with Crippen molar-refractivity contribution >= 4 is 33.9 Å². The van der Waals surface area contributed by atoms with Crippen LogP contribution in [0.25, 0.3) is 0 Å². The van der Waals surface area contributed by atoms with Crippen LogP contribution in [-0.4, -0.2) is 30.7 Å². The lowest BCUT2D eigenvalue weighted by atomic mass is 10.2. The molecule has 0 aliphatic heterocycles. The summed E-state index contributed by atoms with van der Waals surface area (Å²) in [7, 11) is 1.53. The minimum atomic E-state index is 0.129. The van der Waals surface area contributed by atoms with E-state index in [1.54, 1.807) is 24.0 Å². The van der Waals surface area contributed by atoms with Gasteiger partial charge in [-0.3, -0.25) is 4.99 Å². The van der Waals surface area contributed by atoms with E-state index in [-0.39, 0.29) is 5.75 Å². The third-order valence-electron chi connectivity index (χ3n) is 2.78. The van der Waals surface area contributed by atoms with E-state index < -0.39 is 0 Å². The Balaban J connectivity index is 1.84. The number of aromatic hydroxyl groups is 1. The summed E-state index contributed by atoms with van der Waals surface area (Å²) in [6, 6.07) is 13.6. The highest BCUT2D eigenvalue weighted by atomic mass is 79.9. The van der Waals surface area contributed by atoms with Crippen LogP contribution in [0.1, 0.15) is 5.56 Å². The number of thioether (sulfide) groups is 1. The molecule has 0 aliphatic carbocycles. The van der Waals surface area contributed by atoms with Gasteiger partial charge in [0.15, 0.2) is 11.5 Å². The van der Waals surface area contributed by atoms with Gasteiger partial charge in [0.05, 0.1) is 7.11 Å². The van der Waals surface area contributed by atoms with Crippen molar-refractivity contribution in [2.24, 2.45) is 4.99 Å². The summed E-state index contributed by atoms with van der Waals surface area (Å²) in [6.45, 7) is 0.692. The minimum Gasteiger partial charge on any atom is -0.504 e. The molecule has 110 valence electrons. The fourth-order valence-electron chi connectivity index (χ4n) is 1.72. The molecule has 0 atom stereocenters. The van der Waals surface area contributed by atoms with Crippen LogP contribution < -0.4 is 4.74 Å². The second-order valence-corrected chi connectivity index (χ2v) is 6.32. The summed E-state index contributed by atoms with van der Waals surface area (Å²) >= 11 is 5.17. The summed E-state index contributed by atoms with van der Waals surface area (Å²) < 4.78 is 6.14. The van der Waals surface area contributed by atoms with E-state index in [1.165, 1.54) is 12.0 Å². The normalized spacial score (nSPS) is 11.0. The average Bonchev–Trinajstić information content (AvgIpc) is 2.50. The van der Waals surface area contributed by atoms with Crippen molar-refractivity contribution in [2.75, 3.05) is 19.4 Å². The summed E-state index contributed by atoms with van der Waals surface area (Å²) in [5.41, 5.74) is 0.669. The van der Waals surface area contributed by atoms with Crippen LogP contribution in [0.5, 0.6) is 11.5 Å². The molecule has 0 saturated carbocycles. The number of rotatable bonds is 6. The van der Waals surface area contributed by atoms with Crippen molar-refractivity contribution in [1.82, 2.24) is 0 Å². The Morgan fingerprint density at radius 2 is 2.00 bits per heavy atom. The minimum absolute atomic E-state index is 0.129. The van der Waals surface area contributed by atoms with Gasteiger partial charge in [0.25, 0.3) is 0 Å². The third-order valence-corrected chi connectivity index (χ3v) is 4.30. The smallest absolute Gasteiger partial charge is 0.166 e. The molecule has 0 bridgehead atoms. The van der Waals surface area contributed by atoms with Crippen molar-refractivity contribution in [3.63, 3.8) is 0 Å². The van der Waals surface area contributed by atoms with Gasteiger partial charge in [0, 0.05) is 33.4 Å². The lowest BCUT2D eigenvalue weighted by Gasteiger charge is -2.04. The molecule has 0 spiro atoms. The average molecular weight is 366 g/mol. The highest BCUT2D eigenvalue weighted by molar-refractivity contribution is 9.10. The van der Waals surface area contributed by atoms with E-state index in [1.807, 2.05) is 24.3 Å². The first-order valence-corrected chi connectivity index (χ1v) is 8.22. The van der Waals surface area contributed by atoms with Gasteiger partial charge in [0.2, 0.25) is 0 Å². The fourth-order valence-corrected chi connectivity index (χ4v) is 2.74. The fraction of sp³-hybridized carbons (Fsp3) is 0.188. The first-order valence-electron chi connectivity index (χ1n) is 6.45. The molecule has 1 N–H and O–H groups in total. The van der Waals surface area contributed by atoms with Crippen LogP contribution in [0.4, 0.5) is 0 Å². The number of halogens is 1. The van der Waals surface area contributed by atoms with Crippen LogP contribution in [0, 0.1) is 0 Å². The molecule has 21 heavy (non-hydrogen) atoms. The Kier molecular flexibility index (Phi) is 6.14. The molecule has 2 aromatic rings. The van der Waals surface area contributed by atoms with Crippen molar-refractivity contribution < 1.29 is 9.84 Å². The topological polar surface area (TPSA) is 41.8 Å². The molecule has 5 heteroatoms. The number of methoxy groups -OCH3 is 1. The lowest BCUT2D eigenvalue weighted by Crippen LogP contribution is -1.91. The molecule has 0 amide bonds. The monoisotopic (exact) mass is 365 g/mol. The highest BCUT2D eigenvalue weighted by Crippen LogP contribution is 2.28. The molecule has 3 nitrogen and oxygen atoms in total. The van der Waals surface area contributed by atoms with Crippen LogP contribution in [-0.2, 0) is 0 Å². The second-order valence-electron chi connectivity index (χ2n) is 4.24. The number of para-hydroxylation sites is 1. The van der Waals surface area contributed by atoms with E-state index >= 15 is 0 Å². The van der Waals surface area contributed by atoms with Crippen molar-refractivity contribution in [1.29, 1.82) is 0 Å². The van der Waals surface area contributed by atoms with Gasteiger partial charge in [-0.25, -0.2) is 0 Å². The molecular weight excluding hydrogens is 350 g/mol. The summed E-state index contributed by atoms with van der Waals surface area (Å²) in [4.78, 5) is 5.56. The maximum atomic E-state index is 9.92. The van der Waals surface area contributed by atoms with Gasteiger partial charge in [0.1, 0.15) is 0 Å². The molecule has 0 unspecified atom stereocenters. The van der Waals surface area contributed by atoms with Crippen molar-refractivity contribution in [2.45, 2.75) is 4.90 Å². The number of phenolic OH excluding ortho intramolecular Hbond substituents is 1. The van der Waals surface area contributed by atoms with E-state index in [2.05, 4.69) is 33.1 Å². The van der Waals surface area contributed by atoms with Gasteiger partial charge in [-0.05, 0) is 36.4 Å². The van der Waals surface area contributed by atoms with E-state index in [9.17, 15) is 5.11 Å². The van der Waals surface area contributed by atoms with Gasteiger partial charge < -0.3 is 9.84 Å². The summed E-state index contributed by atoms with van der Waals surface area (Å²) in [5.74, 6) is 1.48. The molecule has 0 saturated heterocycles. The first kappa shape index (κ1) is 15.9. The predicted octanol–water partition coefficient (Wildman–Crippen LogP) is 4.37. The largest absolute Gasteiger partial charge is 0.504 e.